The minimum Gasteiger partial charge on any atom is -0.468 e. The number of nitrogens with one attached hydrogen (secondary N) is 1. The molecule has 1 saturated heterocycles. The van der Waals surface area contributed by atoms with E-state index in [1.54, 1.807) is 13.2 Å². The van der Waals surface area contributed by atoms with Crippen LogP contribution in [0.5, 0.6) is 0 Å². The number of rotatable bonds is 3. The third-order valence-corrected chi connectivity index (χ3v) is 2.95. The number of nitrogens with zero attached hydrogens (tertiary/aromatic N) is 1. The maximum absolute atomic E-state index is 10.9. The van der Waals surface area contributed by atoms with Gasteiger partial charge in [-0.2, -0.15) is 0 Å². The summed E-state index contributed by atoms with van der Waals surface area (Å²) in [6.07, 6.45) is 3.76. The fourth-order valence-electron chi connectivity index (χ4n) is 2.15. The fourth-order valence-corrected chi connectivity index (χ4v) is 2.15. The minimum atomic E-state index is 0.0736. The molecule has 1 N–H and O–H groups in total. The molecular weight excluding hydrogens is 204 g/mol. The summed E-state index contributed by atoms with van der Waals surface area (Å²) in [6, 6.07) is 4.27. The summed E-state index contributed by atoms with van der Waals surface area (Å²) in [7, 11) is 0. The molecule has 16 heavy (non-hydrogen) atoms. The Bertz CT molecular complexity index is 327. The Morgan fingerprint density at radius 2 is 2.31 bits per heavy atom. The lowest BCUT2D eigenvalue weighted by molar-refractivity contribution is -0.120. The van der Waals surface area contributed by atoms with E-state index in [4.69, 9.17) is 4.42 Å². The molecule has 2 rings (SSSR count). The lowest BCUT2D eigenvalue weighted by Gasteiger charge is -2.31. The summed E-state index contributed by atoms with van der Waals surface area (Å²) in [5, 5.41) is 2.97. The predicted octanol–water partition coefficient (Wildman–Crippen LogP) is 1.38. The highest BCUT2D eigenvalue weighted by Gasteiger charge is 2.19. The predicted molar refractivity (Wildman–Crippen MR) is 60.8 cm³/mol. The largest absolute Gasteiger partial charge is 0.468 e. The van der Waals surface area contributed by atoms with Gasteiger partial charge in [0.25, 0.3) is 0 Å². The van der Waals surface area contributed by atoms with Crippen molar-refractivity contribution in [2.75, 3.05) is 13.1 Å². The molecule has 1 aromatic rings. The van der Waals surface area contributed by atoms with Gasteiger partial charge in [-0.05, 0) is 25.0 Å². The SMILES string of the molecule is CC(=O)NC1CCN(Cc2ccco2)CC1. The number of carbonyl (C=O) groups excluding carboxylic acids is 1. The van der Waals surface area contributed by atoms with E-state index in [-0.39, 0.29) is 5.91 Å². The molecule has 1 aliphatic rings. The second-order valence-electron chi connectivity index (χ2n) is 4.33. The van der Waals surface area contributed by atoms with E-state index < -0.39 is 0 Å². The highest BCUT2D eigenvalue weighted by atomic mass is 16.3. The van der Waals surface area contributed by atoms with Crippen molar-refractivity contribution in [1.29, 1.82) is 0 Å². The number of furan rings is 1. The van der Waals surface area contributed by atoms with E-state index in [2.05, 4.69) is 10.2 Å². The smallest absolute Gasteiger partial charge is 0.217 e. The van der Waals surface area contributed by atoms with Crippen molar-refractivity contribution in [3.63, 3.8) is 0 Å². The van der Waals surface area contributed by atoms with Crippen molar-refractivity contribution in [3.05, 3.63) is 24.2 Å². The van der Waals surface area contributed by atoms with E-state index in [0.717, 1.165) is 38.2 Å². The summed E-state index contributed by atoms with van der Waals surface area (Å²) in [4.78, 5) is 13.3. The molecule has 0 aliphatic carbocycles. The van der Waals surface area contributed by atoms with Crippen LogP contribution >= 0.6 is 0 Å². The molecule has 1 aliphatic heterocycles. The average molecular weight is 222 g/mol. The maximum Gasteiger partial charge on any atom is 0.217 e. The van der Waals surface area contributed by atoms with Crippen LogP contribution in [0.1, 0.15) is 25.5 Å². The standard InChI is InChI=1S/C12H18N2O2/c1-10(15)13-11-4-6-14(7-5-11)9-12-3-2-8-16-12/h2-3,8,11H,4-7,9H2,1H3,(H,13,15). The molecule has 1 amide bonds. The molecule has 0 aromatic carbocycles. The van der Waals surface area contributed by atoms with Gasteiger partial charge in [0.15, 0.2) is 0 Å². The van der Waals surface area contributed by atoms with Crippen molar-refractivity contribution < 1.29 is 9.21 Å². The van der Waals surface area contributed by atoms with Crippen molar-refractivity contribution in [2.24, 2.45) is 0 Å². The molecule has 88 valence electrons. The number of carbonyl (C=O) groups is 1. The monoisotopic (exact) mass is 222 g/mol. The zero-order valence-electron chi connectivity index (χ0n) is 9.61. The third-order valence-electron chi connectivity index (χ3n) is 2.95. The Labute approximate surface area is 95.6 Å². The van der Waals surface area contributed by atoms with E-state index in [0.29, 0.717) is 6.04 Å². The van der Waals surface area contributed by atoms with Gasteiger partial charge in [0.2, 0.25) is 5.91 Å². The molecule has 0 radical (unpaired) electrons. The van der Waals surface area contributed by atoms with Crippen LogP contribution in [0.15, 0.2) is 22.8 Å². The molecule has 0 unspecified atom stereocenters. The van der Waals surface area contributed by atoms with Crippen LogP contribution < -0.4 is 5.32 Å². The first kappa shape index (κ1) is 11.2. The molecule has 4 nitrogen and oxygen atoms in total. The molecule has 0 atom stereocenters. The number of piperidine rings is 1. The van der Waals surface area contributed by atoms with Gasteiger partial charge in [-0.25, -0.2) is 0 Å². The number of hydrogen-bond acceptors (Lipinski definition) is 3. The Morgan fingerprint density at radius 3 is 2.88 bits per heavy atom. The first-order chi connectivity index (χ1) is 7.74. The van der Waals surface area contributed by atoms with Gasteiger partial charge in [-0.1, -0.05) is 0 Å². The van der Waals surface area contributed by atoms with E-state index >= 15 is 0 Å². The van der Waals surface area contributed by atoms with Gasteiger partial charge >= 0.3 is 0 Å². The van der Waals surface area contributed by atoms with E-state index in [9.17, 15) is 4.79 Å². The highest BCUT2D eigenvalue weighted by molar-refractivity contribution is 5.73. The maximum atomic E-state index is 10.9. The molecule has 2 heterocycles. The van der Waals surface area contributed by atoms with Gasteiger partial charge in [0, 0.05) is 26.1 Å². The van der Waals surface area contributed by atoms with Gasteiger partial charge in [-0.3, -0.25) is 9.69 Å². The average Bonchev–Trinajstić information content (AvgIpc) is 2.73. The number of likely N-dealkylation sites (tertiary alicyclic amines) is 1. The molecule has 1 fully saturated rings. The second-order valence-corrected chi connectivity index (χ2v) is 4.33. The Kier molecular flexibility index (Phi) is 3.62. The fraction of sp³-hybridized carbons (Fsp3) is 0.583. The summed E-state index contributed by atoms with van der Waals surface area (Å²) in [6.45, 7) is 4.49. The van der Waals surface area contributed by atoms with Crippen LogP contribution in [0.3, 0.4) is 0 Å². The topological polar surface area (TPSA) is 45.5 Å². The zero-order chi connectivity index (χ0) is 11.4. The molecule has 4 heteroatoms. The summed E-state index contributed by atoms with van der Waals surface area (Å²) >= 11 is 0. The van der Waals surface area contributed by atoms with Crippen LogP contribution in [0.25, 0.3) is 0 Å². The van der Waals surface area contributed by atoms with Crippen molar-refractivity contribution in [1.82, 2.24) is 10.2 Å². The number of hydrogen-bond donors (Lipinski definition) is 1. The molecule has 0 saturated carbocycles. The van der Waals surface area contributed by atoms with Gasteiger partial charge in [0.1, 0.15) is 5.76 Å². The normalized spacial score (nSPS) is 18.6. The van der Waals surface area contributed by atoms with Crippen LogP contribution in [0.4, 0.5) is 0 Å². The lowest BCUT2D eigenvalue weighted by Crippen LogP contribution is -2.43. The first-order valence-corrected chi connectivity index (χ1v) is 5.76. The van der Waals surface area contributed by atoms with Gasteiger partial charge in [-0.15, -0.1) is 0 Å². The van der Waals surface area contributed by atoms with E-state index in [1.807, 2.05) is 12.1 Å². The third kappa shape index (κ3) is 3.10. The Balaban J connectivity index is 1.75. The van der Waals surface area contributed by atoms with Crippen LogP contribution in [0, 0.1) is 0 Å². The summed E-state index contributed by atoms with van der Waals surface area (Å²) in [5.41, 5.74) is 0. The summed E-state index contributed by atoms with van der Waals surface area (Å²) < 4.78 is 5.32. The van der Waals surface area contributed by atoms with Crippen molar-refractivity contribution >= 4 is 5.91 Å². The van der Waals surface area contributed by atoms with Gasteiger partial charge in [0.05, 0.1) is 12.8 Å². The van der Waals surface area contributed by atoms with Crippen molar-refractivity contribution in [2.45, 2.75) is 32.4 Å². The highest BCUT2D eigenvalue weighted by Crippen LogP contribution is 2.13. The summed E-state index contributed by atoms with van der Waals surface area (Å²) in [5.74, 6) is 1.09. The van der Waals surface area contributed by atoms with Crippen LogP contribution in [0.2, 0.25) is 0 Å². The minimum absolute atomic E-state index is 0.0736. The zero-order valence-corrected chi connectivity index (χ0v) is 9.61. The van der Waals surface area contributed by atoms with Crippen molar-refractivity contribution in [3.8, 4) is 0 Å². The quantitative estimate of drug-likeness (QED) is 0.840. The van der Waals surface area contributed by atoms with Crippen LogP contribution in [-0.4, -0.2) is 29.9 Å². The van der Waals surface area contributed by atoms with Gasteiger partial charge < -0.3 is 9.73 Å². The molecule has 0 bridgehead atoms. The lowest BCUT2D eigenvalue weighted by atomic mass is 10.1. The second kappa shape index (κ2) is 5.16. The first-order valence-electron chi connectivity index (χ1n) is 5.76. The Morgan fingerprint density at radius 1 is 1.56 bits per heavy atom. The number of amides is 1. The molecular formula is C12H18N2O2. The molecule has 1 aromatic heterocycles. The van der Waals surface area contributed by atoms with Crippen LogP contribution in [-0.2, 0) is 11.3 Å². The Hall–Kier alpha value is -1.29. The van der Waals surface area contributed by atoms with E-state index in [1.165, 1.54) is 0 Å². The molecule has 0 spiro atoms.